The van der Waals surface area contributed by atoms with E-state index in [2.05, 4.69) is 15.4 Å². The Hall–Kier alpha value is -0.840. The topological polar surface area (TPSA) is 51.8 Å². The summed E-state index contributed by atoms with van der Waals surface area (Å²) < 4.78 is 3.54. The van der Waals surface area contributed by atoms with Gasteiger partial charge in [0.15, 0.2) is 5.76 Å². The first kappa shape index (κ1) is 10.7. The number of hydrogen-bond acceptors (Lipinski definition) is 4. The summed E-state index contributed by atoms with van der Waals surface area (Å²) in [6.07, 6.45) is 2.84. The Morgan fingerprint density at radius 2 is 2.07 bits per heavy atom. The summed E-state index contributed by atoms with van der Waals surface area (Å²) in [6, 6.07) is 3.41. The Kier molecular flexibility index (Phi) is 2.82. The predicted octanol–water partition coefficient (Wildman–Crippen LogP) is 2.96. The normalized spacial score (nSPS) is 11.7. The summed E-state index contributed by atoms with van der Waals surface area (Å²) >= 11 is 17.3. The van der Waals surface area contributed by atoms with Crippen molar-refractivity contribution >= 4 is 34.8 Å². The molecule has 0 amide bonds. The van der Waals surface area contributed by atoms with Crippen LogP contribution in [0.25, 0.3) is 11.5 Å². The molecule has 0 radical (unpaired) electrons. The van der Waals surface area contributed by atoms with Gasteiger partial charge in [-0.3, -0.25) is 0 Å². The van der Waals surface area contributed by atoms with E-state index in [1.807, 2.05) is 0 Å². The van der Waals surface area contributed by atoms with Gasteiger partial charge >= 0.3 is 0 Å². The van der Waals surface area contributed by atoms with Crippen LogP contribution in [0.3, 0.4) is 0 Å². The standard InChI is InChI=1S/C8H4Cl3N3O/c9-8(10,11)5-4-12-14-13-7(5)6-2-1-3-15-6/h1-4H. The van der Waals surface area contributed by atoms with Crippen molar-refractivity contribution in [2.24, 2.45) is 0 Å². The highest BCUT2D eigenvalue weighted by Crippen LogP contribution is 2.41. The predicted molar refractivity (Wildman–Crippen MR) is 56.8 cm³/mol. The molecule has 0 N–H and O–H groups in total. The van der Waals surface area contributed by atoms with Crippen LogP contribution in [0.15, 0.2) is 29.0 Å². The Morgan fingerprint density at radius 1 is 1.27 bits per heavy atom. The van der Waals surface area contributed by atoms with Gasteiger partial charge in [0.1, 0.15) is 5.69 Å². The molecular weight excluding hydrogens is 260 g/mol. The van der Waals surface area contributed by atoms with Crippen LogP contribution >= 0.6 is 34.8 Å². The Bertz CT molecular complexity index is 452. The second-order valence-electron chi connectivity index (χ2n) is 2.67. The zero-order chi connectivity index (χ0) is 10.9. The molecule has 0 fully saturated rings. The fourth-order valence-corrected chi connectivity index (χ4v) is 1.49. The molecule has 0 aromatic carbocycles. The third kappa shape index (κ3) is 2.22. The minimum atomic E-state index is -1.61. The maximum atomic E-state index is 5.76. The monoisotopic (exact) mass is 263 g/mol. The minimum Gasteiger partial charge on any atom is -0.463 e. The SMILES string of the molecule is ClC(Cl)(Cl)c1cnnnc1-c1ccco1. The number of furan rings is 1. The number of alkyl halides is 3. The van der Waals surface area contributed by atoms with Crippen LogP contribution in [-0.4, -0.2) is 15.4 Å². The maximum absolute atomic E-state index is 5.76. The molecule has 0 bridgehead atoms. The average Bonchev–Trinajstić information content (AvgIpc) is 2.69. The largest absolute Gasteiger partial charge is 0.463 e. The molecule has 0 unspecified atom stereocenters. The molecule has 2 heterocycles. The van der Waals surface area contributed by atoms with Crippen molar-refractivity contribution in [1.29, 1.82) is 0 Å². The molecule has 0 aliphatic rings. The van der Waals surface area contributed by atoms with Gasteiger partial charge < -0.3 is 4.42 Å². The molecular formula is C8H4Cl3N3O. The zero-order valence-corrected chi connectivity index (χ0v) is 9.46. The van der Waals surface area contributed by atoms with E-state index >= 15 is 0 Å². The summed E-state index contributed by atoms with van der Waals surface area (Å²) in [6.45, 7) is 0. The second-order valence-corrected chi connectivity index (χ2v) is 4.95. The maximum Gasteiger partial charge on any atom is 0.219 e. The molecule has 0 spiro atoms. The third-order valence-electron chi connectivity index (χ3n) is 1.70. The van der Waals surface area contributed by atoms with Gasteiger partial charge in [-0.25, -0.2) is 0 Å². The van der Waals surface area contributed by atoms with Crippen LogP contribution < -0.4 is 0 Å². The smallest absolute Gasteiger partial charge is 0.219 e. The van der Waals surface area contributed by atoms with E-state index in [1.165, 1.54) is 12.5 Å². The minimum absolute atomic E-state index is 0.331. The lowest BCUT2D eigenvalue weighted by Gasteiger charge is -2.12. The van der Waals surface area contributed by atoms with Crippen LogP contribution in [0.4, 0.5) is 0 Å². The van der Waals surface area contributed by atoms with Crippen molar-refractivity contribution in [3.63, 3.8) is 0 Å². The lowest BCUT2D eigenvalue weighted by molar-refractivity contribution is 0.576. The highest BCUT2D eigenvalue weighted by Gasteiger charge is 2.29. The molecule has 2 aromatic heterocycles. The molecule has 7 heteroatoms. The first-order valence-electron chi connectivity index (χ1n) is 3.88. The fourth-order valence-electron chi connectivity index (χ4n) is 1.07. The van der Waals surface area contributed by atoms with E-state index in [9.17, 15) is 0 Å². The van der Waals surface area contributed by atoms with Crippen LogP contribution in [0.2, 0.25) is 0 Å². The molecule has 0 aliphatic carbocycles. The van der Waals surface area contributed by atoms with Crippen molar-refractivity contribution in [1.82, 2.24) is 15.4 Å². The first-order valence-corrected chi connectivity index (χ1v) is 5.02. The molecule has 0 atom stereocenters. The molecule has 78 valence electrons. The fraction of sp³-hybridized carbons (Fsp3) is 0.125. The third-order valence-corrected chi connectivity index (χ3v) is 2.31. The zero-order valence-electron chi connectivity index (χ0n) is 7.19. The van der Waals surface area contributed by atoms with Gasteiger partial charge in [-0.2, -0.15) is 0 Å². The average molecular weight is 264 g/mol. The molecule has 2 rings (SSSR count). The Balaban J connectivity index is 2.58. The van der Waals surface area contributed by atoms with Crippen LogP contribution in [0.5, 0.6) is 0 Å². The van der Waals surface area contributed by atoms with Crippen LogP contribution in [0, 0.1) is 0 Å². The van der Waals surface area contributed by atoms with Crippen molar-refractivity contribution in [2.45, 2.75) is 3.79 Å². The van der Waals surface area contributed by atoms with Crippen molar-refractivity contribution < 1.29 is 4.42 Å². The summed E-state index contributed by atoms with van der Waals surface area (Å²) in [4.78, 5) is 0. The highest BCUT2D eigenvalue weighted by atomic mass is 35.6. The number of halogens is 3. The van der Waals surface area contributed by atoms with Crippen LogP contribution in [0.1, 0.15) is 5.56 Å². The number of aromatic nitrogens is 3. The Labute approximate surface area is 100 Å². The quantitative estimate of drug-likeness (QED) is 0.743. The second kappa shape index (κ2) is 3.96. The molecule has 0 saturated heterocycles. The van der Waals surface area contributed by atoms with Crippen LogP contribution in [-0.2, 0) is 3.79 Å². The van der Waals surface area contributed by atoms with Gasteiger partial charge in [0.25, 0.3) is 0 Å². The van der Waals surface area contributed by atoms with E-state index < -0.39 is 3.79 Å². The summed E-state index contributed by atoms with van der Waals surface area (Å²) in [5.74, 6) is 0.478. The van der Waals surface area contributed by atoms with E-state index in [0.717, 1.165) is 0 Å². The summed E-state index contributed by atoms with van der Waals surface area (Å²) in [7, 11) is 0. The van der Waals surface area contributed by atoms with Gasteiger partial charge in [0.2, 0.25) is 3.79 Å². The van der Waals surface area contributed by atoms with Gasteiger partial charge in [-0.1, -0.05) is 34.8 Å². The van der Waals surface area contributed by atoms with Crippen molar-refractivity contribution in [2.75, 3.05) is 0 Å². The van der Waals surface area contributed by atoms with E-state index in [-0.39, 0.29) is 0 Å². The van der Waals surface area contributed by atoms with E-state index in [4.69, 9.17) is 39.2 Å². The molecule has 2 aromatic rings. The van der Waals surface area contributed by atoms with Gasteiger partial charge in [-0.05, 0) is 17.3 Å². The number of rotatable bonds is 1. The molecule has 15 heavy (non-hydrogen) atoms. The Morgan fingerprint density at radius 3 is 2.67 bits per heavy atom. The van der Waals surface area contributed by atoms with Gasteiger partial charge in [-0.15, -0.1) is 10.2 Å². The summed E-state index contributed by atoms with van der Waals surface area (Å²) in [5, 5.41) is 10.8. The highest BCUT2D eigenvalue weighted by molar-refractivity contribution is 6.67. The van der Waals surface area contributed by atoms with E-state index in [1.54, 1.807) is 12.1 Å². The number of hydrogen-bond donors (Lipinski definition) is 0. The van der Waals surface area contributed by atoms with Gasteiger partial charge in [0.05, 0.1) is 18.0 Å². The molecule has 4 nitrogen and oxygen atoms in total. The lowest BCUT2D eigenvalue weighted by Crippen LogP contribution is -2.06. The van der Waals surface area contributed by atoms with Gasteiger partial charge in [0, 0.05) is 0 Å². The van der Waals surface area contributed by atoms with E-state index in [0.29, 0.717) is 17.0 Å². The first-order chi connectivity index (χ1) is 7.09. The summed E-state index contributed by atoms with van der Waals surface area (Å²) in [5.41, 5.74) is 0.701. The lowest BCUT2D eigenvalue weighted by atomic mass is 10.2. The number of nitrogens with zero attached hydrogens (tertiary/aromatic N) is 3. The van der Waals surface area contributed by atoms with Crippen molar-refractivity contribution in [3.05, 3.63) is 30.2 Å². The molecule has 0 saturated carbocycles. The molecule has 0 aliphatic heterocycles. The van der Waals surface area contributed by atoms with Crippen molar-refractivity contribution in [3.8, 4) is 11.5 Å².